The predicted molar refractivity (Wildman–Crippen MR) is 82.6 cm³/mol. The molecule has 1 saturated heterocycles. The molecule has 0 saturated carbocycles. The van der Waals surface area contributed by atoms with E-state index < -0.39 is 0 Å². The molecule has 2 rings (SSSR count). The molecule has 0 bridgehead atoms. The first-order valence-corrected chi connectivity index (χ1v) is 7.56. The van der Waals surface area contributed by atoms with Crippen molar-refractivity contribution >= 4 is 11.8 Å². The molecular weight excluding hydrogens is 264 g/mol. The van der Waals surface area contributed by atoms with Crippen LogP contribution >= 0.6 is 0 Å². The molecule has 1 N–H and O–H groups in total. The van der Waals surface area contributed by atoms with Gasteiger partial charge in [0.1, 0.15) is 0 Å². The highest BCUT2D eigenvalue weighted by Gasteiger charge is 2.34. The molecule has 2 amide bonds. The third-order valence-electron chi connectivity index (χ3n) is 3.76. The van der Waals surface area contributed by atoms with Crippen LogP contribution in [0, 0.1) is 18.8 Å². The second-order valence-electron chi connectivity index (χ2n) is 6.30. The van der Waals surface area contributed by atoms with Gasteiger partial charge in [-0.3, -0.25) is 9.59 Å². The molecule has 1 heterocycles. The molecule has 4 nitrogen and oxygen atoms in total. The average molecular weight is 288 g/mol. The minimum absolute atomic E-state index is 0.0184. The van der Waals surface area contributed by atoms with Gasteiger partial charge in [-0.05, 0) is 18.4 Å². The van der Waals surface area contributed by atoms with Gasteiger partial charge in [-0.25, -0.2) is 0 Å². The zero-order chi connectivity index (χ0) is 15.4. The van der Waals surface area contributed by atoms with Crippen LogP contribution in [0.2, 0.25) is 0 Å². The van der Waals surface area contributed by atoms with Gasteiger partial charge >= 0.3 is 0 Å². The van der Waals surface area contributed by atoms with E-state index in [-0.39, 0.29) is 17.7 Å². The number of aryl methyl sites for hydroxylation is 1. The molecular formula is C17H24N2O2. The summed E-state index contributed by atoms with van der Waals surface area (Å²) in [5.74, 6) is 0.305. The summed E-state index contributed by atoms with van der Waals surface area (Å²) in [6.07, 6.45) is 0.340. The maximum atomic E-state index is 12.2. The van der Waals surface area contributed by atoms with Crippen LogP contribution in [0.4, 0.5) is 0 Å². The molecule has 4 heteroatoms. The smallest absolute Gasteiger partial charge is 0.225 e. The van der Waals surface area contributed by atoms with Gasteiger partial charge in [0, 0.05) is 26.1 Å². The summed E-state index contributed by atoms with van der Waals surface area (Å²) in [5.41, 5.74) is 2.29. The molecule has 1 fully saturated rings. The first kappa shape index (κ1) is 15.5. The quantitative estimate of drug-likeness (QED) is 0.902. The number of likely N-dealkylation sites (tertiary alicyclic amines) is 1. The molecule has 1 unspecified atom stereocenters. The van der Waals surface area contributed by atoms with Crippen LogP contribution in [-0.2, 0) is 16.1 Å². The molecule has 114 valence electrons. The van der Waals surface area contributed by atoms with Crippen molar-refractivity contribution in [3.05, 3.63) is 35.4 Å². The second kappa shape index (κ2) is 6.74. The topological polar surface area (TPSA) is 49.4 Å². The SMILES string of the molecule is Cc1ccc(CNC(=O)C2CC(=O)N(CC(C)C)C2)cc1. The maximum Gasteiger partial charge on any atom is 0.225 e. The Kier molecular flexibility index (Phi) is 4.99. The predicted octanol–water partition coefficient (Wildman–Crippen LogP) is 2.12. The summed E-state index contributed by atoms with van der Waals surface area (Å²) in [7, 11) is 0. The Hall–Kier alpha value is -1.84. The number of benzene rings is 1. The number of carbonyl (C=O) groups is 2. The Labute approximate surface area is 126 Å². The number of hydrogen-bond acceptors (Lipinski definition) is 2. The summed E-state index contributed by atoms with van der Waals surface area (Å²) in [4.78, 5) is 25.9. The van der Waals surface area contributed by atoms with Gasteiger partial charge < -0.3 is 10.2 Å². The summed E-state index contributed by atoms with van der Waals surface area (Å²) in [6.45, 7) is 8.01. The highest BCUT2D eigenvalue weighted by Crippen LogP contribution is 2.19. The number of nitrogens with zero attached hydrogens (tertiary/aromatic N) is 1. The van der Waals surface area contributed by atoms with Crippen LogP contribution in [0.15, 0.2) is 24.3 Å². The van der Waals surface area contributed by atoms with Gasteiger partial charge in [0.15, 0.2) is 0 Å². The molecule has 1 aliphatic heterocycles. The van der Waals surface area contributed by atoms with E-state index in [1.165, 1.54) is 5.56 Å². The highest BCUT2D eigenvalue weighted by molar-refractivity contribution is 5.89. The molecule has 0 aromatic heterocycles. The van der Waals surface area contributed by atoms with E-state index in [9.17, 15) is 9.59 Å². The van der Waals surface area contributed by atoms with Crippen LogP contribution in [0.3, 0.4) is 0 Å². The first-order valence-electron chi connectivity index (χ1n) is 7.56. The van der Waals surface area contributed by atoms with Crippen molar-refractivity contribution in [1.82, 2.24) is 10.2 Å². The van der Waals surface area contributed by atoms with Crippen LogP contribution in [0.25, 0.3) is 0 Å². The molecule has 0 aliphatic carbocycles. The van der Waals surface area contributed by atoms with Gasteiger partial charge in [-0.1, -0.05) is 43.7 Å². The van der Waals surface area contributed by atoms with Crippen molar-refractivity contribution in [2.45, 2.75) is 33.7 Å². The van der Waals surface area contributed by atoms with E-state index in [0.29, 0.717) is 25.4 Å². The normalized spacial score (nSPS) is 18.4. The molecule has 1 aliphatic rings. The second-order valence-corrected chi connectivity index (χ2v) is 6.30. The van der Waals surface area contributed by atoms with Crippen LogP contribution in [0.5, 0.6) is 0 Å². The molecule has 1 aromatic rings. The third kappa shape index (κ3) is 4.31. The van der Waals surface area contributed by atoms with E-state index in [1.807, 2.05) is 31.2 Å². The van der Waals surface area contributed by atoms with Crippen molar-refractivity contribution in [3.8, 4) is 0 Å². The molecule has 1 aromatic carbocycles. The summed E-state index contributed by atoms with van der Waals surface area (Å²) in [5, 5.41) is 2.94. The first-order chi connectivity index (χ1) is 9.95. The lowest BCUT2D eigenvalue weighted by molar-refractivity contribution is -0.129. The fourth-order valence-electron chi connectivity index (χ4n) is 2.60. The van der Waals surface area contributed by atoms with Crippen molar-refractivity contribution in [2.75, 3.05) is 13.1 Å². The van der Waals surface area contributed by atoms with E-state index in [2.05, 4.69) is 19.2 Å². The number of amides is 2. The van der Waals surface area contributed by atoms with E-state index in [4.69, 9.17) is 0 Å². The van der Waals surface area contributed by atoms with Gasteiger partial charge in [0.25, 0.3) is 0 Å². The molecule has 0 radical (unpaired) electrons. The summed E-state index contributed by atoms with van der Waals surface area (Å²) < 4.78 is 0. The summed E-state index contributed by atoms with van der Waals surface area (Å²) in [6, 6.07) is 8.09. The fraction of sp³-hybridized carbons (Fsp3) is 0.529. The van der Waals surface area contributed by atoms with Gasteiger partial charge in [-0.15, -0.1) is 0 Å². The van der Waals surface area contributed by atoms with Crippen LogP contribution in [-0.4, -0.2) is 29.8 Å². The van der Waals surface area contributed by atoms with E-state index >= 15 is 0 Å². The summed E-state index contributed by atoms with van der Waals surface area (Å²) >= 11 is 0. The molecule has 21 heavy (non-hydrogen) atoms. The average Bonchev–Trinajstić information content (AvgIpc) is 2.78. The fourth-order valence-corrected chi connectivity index (χ4v) is 2.60. The zero-order valence-corrected chi connectivity index (χ0v) is 13.1. The van der Waals surface area contributed by atoms with Crippen molar-refractivity contribution in [3.63, 3.8) is 0 Å². The van der Waals surface area contributed by atoms with E-state index in [1.54, 1.807) is 4.90 Å². The van der Waals surface area contributed by atoms with Crippen LogP contribution in [0.1, 0.15) is 31.4 Å². The lowest BCUT2D eigenvalue weighted by Crippen LogP contribution is -2.33. The third-order valence-corrected chi connectivity index (χ3v) is 3.76. The van der Waals surface area contributed by atoms with Crippen molar-refractivity contribution in [1.29, 1.82) is 0 Å². The highest BCUT2D eigenvalue weighted by atomic mass is 16.2. The maximum absolute atomic E-state index is 12.2. The minimum atomic E-state index is -0.207. The number of nitrogens with one attached hydrogen (secondary N) is 1. The Morgan fingerprint density at radius 3 is 2.62 bits per heavy atom. The van der Waals surface area contributed by atoms with Gasteiger partial charge in [-0.2, -0.15) is 0 Å². The monoisotopic (exact) mass is 288 g/mol. The molecule has 0 spiro atoms. The minimum Gasteiger partial charge on any atom is -0.352 e. The largest absolute Gasteiger partial charge is 0.352 e. The van der Waals surface area contributed by atoms with Crippen molar-refractivity contribution < 1.29 is 9.59 Å². The van der Waals surface area contributed by atoms with Crippen LogP contribution < -0.4 is 5.32 Å². The van der Waals surface area contributed by atoms with Crippen molar-refractivity contribution in [2.24, 2.45) is 11.8 Å². The zero-order valence-electron chi connectivity index (χ0n) is 13.1. The van der Waals surface area contributed by atoms with E-state index in [0.717, 1.165) is 12.1 Å². The standard InChI is InChI=1S/C17H24N2O2/c1-12(2)10-19-11-15(8-16(19)20)17(21)18-9-14-6-4-13(3)5-7-14/h4-7,12,15H,8-11H2,1-3H3,(H,18,21). The lowest BCUT2D eigenvalue weighted by atomic mass is 10.1. The molecule has 1 atom stereocenters. The number of hydrogen-bond donors (Lipinski definition) is 1. The lowest BCUT2D eigenvalue weighted by Gasteiger charge is -2.18. The van der Waals surface area contributed by atoms with Gasteiger partial charge in [0.2, 0.25) is 11.8 Å². The number of rotatable bonds is 5. The van der Waals surface area contributed by atoms with Gasteiger partial charge in [0.05, 0.1) is 5.92 Å². The Morgan fingerprint density at radius 1 is 1.33 bits per heavy atom. The Balaban J connectivity index is 1.84. The number of carbonyl (C=O) groups excluding carboxylic acids is 2. The Morgan fingerprint density at radius 2 is 2.00 bits per heavy atom. The Bertz CT molecular complexity index is 508.